The van der Waals surface area contributed by atoms with Gasteiger partial charge >= 0.3 is 17.9 Å². The number of carbonyl (C=O) groups is 2. The van der Waals surface area contributed by atoms with Crippen molar-refractivity contribution in [3.05, 3.63) is 59.4 Å². The Labute approximate surface area is 213 Å². The van der Waals surface area contributed by atoms with E-state index in [-0.39, 0.29) is 22.2 Å². The van der Waals surface area contributed by atoms with Gasteiger partial charge in [-0.1, -0.05) is 36.0 Å². The van der Waals surface area contributed by atoms with Gasteiger partial charge in [-0.2, -0.15) is 8.78 Å². The number of nitrogens with one attached hydrogen (secondary N) is 2. The lowest BCUT2D eigenvalue weighted by atomic mass is 9.73. The summed E-state index contributed by atoms with van der Waals surface area (Å²) in [6, 6.07) is 9.07. The first-order valence-corrected chi connectivity index (χ1v) is 12.5. The number of nitrogens with zero attached hydrogens (tertiary/aromatic N) is 5. The minimum atomic E-state index is -3.68. The van der Waals surface area contributed by atoms with Gasteiger partial charge in [0.15, 0.2) is 0 Å². The van der Waals surface area contributed by atoms with Crippen LogP contribution in [0.15, 0.2) is 52.6 Å². The average molecular weight is 526 g/mol. The van der Waals surface area contributed by atoms with E-state index in [1.165, 1.54) is 24.0 Å². The van der Waals surface area contributed by atoms with E-state index in [0.29, 0.717) is 24.1 Å². The lowest BCUT2D eigenvalue weighted by molar-refractivity contribution is -0.139. The SMILES string of the molecule is O=C(O)N[C@@H]1c2ccccc2CC12CCN(c1ncc(Sc3ccnc4c3C(F)(F)C(=O)N4)nn1)CC2. The molecule has 3 aliphatic rings. The predicted octanol–water partition coefficient (Wildman–Crippen LogP) is 3.61. The molecule has 3 aromatic rings. The largest absolute Gasteiger partial charge is 0.465 e. The molecule has 1 aromatic carbocycles. The second-order valence-corrected chi connectivity index (χ2v) is 10.4. The second kappa shape index (κ2) is 8.61. The van der Waals surface area contributed by atoms with Gasteiger partial charge in [-0.3, -0.25) is 4.79 Å². The maximum atomic E-state index is 14.4. The highest BCUT2D eigenvalue weighted by Gasteiger charge is 2.51. The summed E-state index contributed by atoms with van der Waals surface area (Å²) in [5, 5.41) is 23.0. The summed E-state index contributed by atoms with van der Waals surface area (Å²) in [5.41, 5.74) is 1.50. The smallest absolute Gasteiger partial charge is 0.405 e. The summed E-state index contributed by atoms with van der Waals surface area (Å²) in [6.45, 7) is 1.25. The maximum Gasteiger partial charge on any atom is 0.405 e. The van der Waals surface area contributed by atoms with E-state index in [1.54, 1.807) is 0 Å². The molecule has 0 unspecified atom stereocenters. The number of piperidine rings is 1. The molecule has 2 aromatic heterocycles. The van der Waals surface area contributed by atoms with Crippen molar-refractivity contribution in [3.63, 3.8) is 0 Å². The van der Waals surface area contributed by atoms with Crippen LogP contribution in [0.25, 0.3) is 0 Å². The number of carbonyl (C=O) groups excluding carboxylic acids is 1. The van der Waals surface area contributed by atoms with Gasteiger partial charge in [0.25, 0.3) is 0 Å². The van der Waals surface area contributed by atoms with Gasteiger partial charge in [-0.05, 0) is 36.5 Å². The summed E-state index contributed by atoms with van der Waals surface area (Å²) in [6.07, 6.45) is 4.05. The molecule has 0 bridgehead atoms. The molecule has 1 spiro atoms. The van der Waals surface area contributed by atoms with Crippen LogP contribution in [0.4, 0.5) is 25.3 Å². The average Bonchev–Trinajstić information content (AvgIpc) is 3.30. The molecular weight excluding hydrogens is 504 g/mol. The highest BCUT2D eigenvalue weighted by Crippen LogP contribution is 2.52. The molecule has 10 nitrogen and oxygen atoms in total. The zero-order valence-corrected chi connectivity index (χ0v) is 20.1. The van der Waals surface area contributed by atoms with Crippen LogP contribution in [0.1, 0.15) is 35.6 Å². The highest BCUT2D eigenvalue weighted by molar-refractivity contribution is 7.99. The third-order valence-corrected chi connectivity index (χ3v) is 8.27. The molecule has 3 N–H and O–H groups in total. The van der Waals surface area contributed by atoms with E-state index >= 15 is 0 Å². The summed E-state index contributed by atoms with van der Waals surface area (Å²) in [7, 11) is 0. The second-order valence-electron chi connectivity index (χ2n) is 9.37. The van der Waals surface area contributed by atoms with Crippen molar-refractivity contribution in [1.29, 1.82) is 0 Å². The third-order valence-electron chi connectivity index (χ3n) is 7.32. The number of hydrogen-bond donors (Lipinski definition) is 3. The summed E-state index contributed by atoms with van der Waals surface area (Å²) < 4.78 is 28.7. The van der Waals surface area contributed by atoms with Crippen LogP contribution in [0, 0.1) is 5.41 Å². The summed E-state index contributed by atoms with van der Waals surface area (Å²) in [5.74, 6) is -4.83. The molecule has 190 valence electrons. The number of halogens is 2. The topological polar surface area (TPSA) is 133 Å². The Morgan fingerprint density at radius 1 is 1.16 bits per heavy atom. The van der Waals surface area contributed by atoms with Crippen LogP contribution in [0.2, 0.25) is 0 Å². The van der Waals surface area contributed by atoms with Crippen molar-refractivity contribution in [1.82, 2.24) is 25.5 Å². The zero-order valence-electron chi connectivity index (χ0n) is 19.3. The van der Waals surface area contributed by atoms with Crippen molar-refractivity contribution in [3.8, 4) is 0 Å². The van der Waals surface area contributed by atoms with E-state index in [4.69, 9.17) is 0 Å². The van der Waals surface area contributed by atoms with Gasteiger partial charge in [0.1, 0.15) is 10.8 Å². The normalized spacial score (nSPS) is 20.9. The van der Waals surface area contributed by atoms with Gasteiger partial charge < -0.3 is 20.6 Å². The molecule has 0 radical (unpaired) electrons. The molecule has 6 rings (SSSR count). The number of hydrogen-bond acceptors (Lipinski definition) is 8. The van der Waals surface area contributed by atoms with Crippen molar-refractivity contribution in [2.75, 3.05) is 23.3 Å². The molecule has 13 heteroatoms. The number of carboxylic acid groups (broad SMARTS) is 1. The van der Waals surface area contributed by atoms with Crippen LogP contribution in [-0.2, 0) is 17.1 Å². The van der Waals surface area contributed by atoms with E-state index in [9.17, 15) is 23.5 Å². The number of fused-ring (bicyclic) bond motifs is 2. The fraction of sp³-hybridized carbons (Fsp3) is 0.333. The molecule has 37 heavy (non-hydrogen) atoms. The number of anilines is 2. The van der Waals surface area contributed by atoms with Crippen LogP contribution in [-0.4, -0.2) is 50.4 Å². The number of rotatable bonds is 4. The van der Waals surface area contributed by atoms with E-state index < -0.39 is 23.5 Å². The van der Waals surface area contributed by atoms with Crippen LogP contribution < -0.4 is 15.5 Å². The van der Waals surface area contributed by atoms with Crippen molar-refractivity contribution >= 4 is 35.5 Å². The molecule has 2 amide bonds. The lowest BCUT2D eigenvalue weighted by Gasteiger charge is -2.43. The lowest BCUT2D eigenvalue weighted by Crippen LogP contribution is -2.47. The first kappa shape index (κ1) is 23.5. The summed E-state index contributed by atoms with van der Waals surface area (Å²) >= 11 is 0.936. The molecule has 1 saturated heterocycles. The summed E-state index contributed by atoms with van der Waals surface area (Å²) in [4.78, 5) is 33.5. The molecule has 0 saturated carbocycles. The van der Waals surface area contributed by atoms with Crippen LogP contribution in [0.5, 0.6) is 0 Å². The standard InChI is InChI=1S/C24H21F2N7O3S/c25-24(26)17-15(5-8-27-19(17)30-20(24)34)37-16-12-28-21(32-31-16)33-9-6-23(7-10-33)11-13-3-1-2-4-14(13)18(23)29-22(35)36/h1-5,8,12,18,29H,6-7,9-11H2,(H,35,36)(H,27,30,34)/t18-/m1/s1. The highest BCUT2D eigenvalue weighted by atomic mass is 32.2. The maximum absolute atomic E-state index is 14.4. The number of pyridine rings is 1. The Balaban J connectivity index is 1.16. The van der Waals surface area contributed by atoms with Gasteiger partial charge in [0, 0.05) is 29.6 Å². The van der Waals surface area contributed by atoms with Gasteiger partial charge in [-0.15, -0.1) is 10.2 Å². The molecule has 1 atom stereocenters. The third kappa shape index (κ3) is 3.93. The van der Waals surface area contributed by atoms with E-state index in [0.717, 1.165) is 36.6 Å². The molecule has 1 fully saturated rings. The molecular formula is C24H21F2N7O3S. The van der Waals surface area contributed by atoms with Crippen LogP contribution >= 0.6 is 11.8 Å². The zero-order chi connectivity index (χ0) is 25.8. The Kier molecular flexibility index (Phi) is 5.48. The number of aromatic nitrogens is 4. The number of alkyl halides is 2. The van der Waals surface area contributed by atoms with Gasteiger partial charge in [0.05, 0.1) is 17.8 Å². The Morgan fingerprint density at radius 2 is 1.95 bits per heavy atom. The Bertz CT molecular complexity index is 1400. The van der Waals surface area contributed by atoms with Crippen molar-refractivity contribution < 1.29 is 23.5 Å². The Morgan fingerprint density at radius 3 is 2.68 bits per heavy atom. The van der Waals surface area contributed by atoms with Gasteiger partial charge in [0.2, 0.25) is 5.95 Å². The monoisotopic (exact) mass is 525 g/mol. The number of amides is 2. The first-order valence-electron chi connectivity index (χ1n) is 11.7. The quantitative estimate of drug-likeness (QED) is 0.467. The van der Waals surface area contributed by atoms with Crippen molar-refractivity contribution in [2.24, 2.45) is 5.41 Å². The van der Waals surface area contributed by atoms with Crippen LogP contribution in [0.3, 0.4) is 0 Å². The minimum absolute atomic E-state index is 0.148. The van der Waals surface area contributed by atoms with Crippen molar-refractivity contribution in [2.45, 2.75) is 41.1 Å². The van der Waals surface area contributed by atoms with E-state index in [1.807, 2.05) is 23.1 Å². The number of benzene rings is 1. The molecule has 1 aliphatic carbocycles. The molecule has 4 heterocycles. The Hall–Kier alpha value is -3.87. The predicted molar refractivity (Wildman–Crippen MR) is 129 cm³/mol. The minimum Gasteiger partial charge on any atom is -0.465 e. The molecule has 2 aliphatic heterocycles. The van der Waals surface area contributed by atoms with E-state index in [2.05, 4.69) is 36.9 Å². The van der Waals surface area contributed by atoms with Gasteiger partial charge in [-0.25, -0.2) is 14.8 Å². The fourth-order valence-electron chi connectivity index (χ4n) is 5.55. The first-order chi connectivity index (χ1) is 17.8. The fourth-order valence-corrected chi connectivity index (χ4v) is 6.42.